The largest absolute Gasteiger partial charge is 0.416 e. The fourth-order valence-corrected chi connectivity index (χ4v) is 3.13. The van der Waals surface area contributed by atoms with Crippen molar-refractivity contribution in [1.82, 2.24) is 5.32 Å². The van der Waals surface area contributed by atoms with Gasteiger partial charge in [-0.1, -0.05) is 25.1 Å². The highest BCUT2D eigenvalue weighted by molar-refractivity contribution is 5.85. The predicted octanol–water partition coefficient (Wildman–Crippen LogP) is 3.67. The van der Waals surface area contributed by atoms with Gasteiger partial charge in [0.15, 0.2) is 0 Å². The number of benzene rings is 1. The molecule has 0 radical (unpaired) electrons. The van der Waals surface area contributed by atoms with Crippen LogP contribution in [0, 0.1) is 5.92 Å². The molecule has 3 N–H and O–H groups in total. The number of ether oxygens (including phenoxy) is 1. The first-order chi connectivity index (χ1) is 11.8. The van der Waals surface area contributed by atoms with Crippen LogP contribution in [0.4, 0.5) is 13.2 Å². The summed E-state index contributed by atoms with van der Waals surface area (Å²) >= 11 is 0. The molecular weight excluding hydrogens is 369 g/mol. The van der Waals surface area contributed by atoms with E-state index >= 15 is 0 Å². The summed E-state index contributed by atoms with van der Waals surface area (Å²) in [6, 6.07) is 5.18. The van der Waals surface area contributed by atoms with Crippen LogP contribution in [0.1, 0.15) is 43.7 Å². The molecule has 0 spiro atoms. The van der Waals surface area contributed by atoms with Gasteiger partial charge in [0, 0.05) is 25.1 Å². The molecule has 1 saturated carbocycles. The van der Waals surface area contributed by atoms with Crippen LogP contribution in [0.5, 0.6) is 0 Å². The smallest absolute Gasteiger partial charge is 0.377 e. The molecule has 3 atom stereocenters. The summed E-state index contributed by atoms with van der Waals surface area (Å²) in [5.41, 5.74) is 5.38. The second kappa shape index (κ2) is 10.1. The molecule has 8 heteroatoms. The van der Waals surface area contributed by atoms with Crippen LogP contribution in [0.3, 0.4) is 0 Å². The summed E-state index contributed by atoms with van der Waals surface area (Å²) in [7, 11) is 0. The minimum absolute atomic E-state index is 0. The molecule has 0 bridgehead atoms. The highest BCUT2D eigenvalue weighted by atomic mass is 35.5. The number of carbonyl (C=O) groups is 1. The van der Waals surface area contributed by atoms with E-state index in [9.17, 15) is 18.0 Å². The van der Waals surface area contributed by atoms with Gasteiger partial charge < -0.3 is 15.8 Å². The van der Waals surface area contributed by atoms with E-state index in [1.54, 1.807) is 0 Å². The normalized spacial score (nSPS) is 23.2. The molecule has 4 nitrogen and oxygen atoms in total. The zero-order chi connectivity index (χ0) is 18.4. The molecule has 1 amide bonds. The van der Waals surface area contributed by atoms with Crippen LogP contribution in [-0.4, -0.2) is 24.7 Å². The topological polar surface area (TPSA) is 64.3 Å². The van der Waals surface area contributed by atoms with E-state index in [1.165, 1.54) is 18.2 Å². The molecular formula is C18H26ClF3N2O2. The van der Waals surface area contributed by atoms with Crippen LogP contribution < -0.4 is 11.1 Å². The Bertz CT molecular complexity index is 584. The number of nitrogens with two attached hydrogens (primary N) is 1. The molecule has 1 aliphatic rings. The first-order valence-electron chi connectivity index (χ1n) is 8.63. The number of carbonyl (C=O) groups excluding carboxylic acids is 1. The Morgan fingerprint density at radius 2 is 2.00 bits per heavy atom. The highest BCUT2D eigenvalue weighted by Gasteiger charge is 2.34. The van der Waals surface area contributed by atoms with Gasteiger partial charge >= 0.3 is 6.18 Å². The van der Waals surface area contributed by atoms with Crippen molar-refractivity contribution in [2.24, 2.45) is 11.7 Å². The van der Waals surface area contributed by atoms with Gasteiger partial charge in [-0.05, 0) is 37.3 Å². The third kappa shape index (κ3) is 6.14. The molecule has 1 aliphatic carbocycles. The van der Waals surface area contributed by atoms with Crippen LogP contribution in [0.2, 0.25) is 0 Å². The maximum Gasteiger partial charge on any atom is 0.416 e. The number of amides is 1. The van der Waals surface area contributed by atoms with Crippen molar-refractivity contribution in [1.29, 1.82) is 0 Å². The molecule has 0 aromatic heterocycles. The third-order valence-electron chi connectivity index (χ3n) is 4.53. The lowest BCUT2D eigenvalue weighted by atomic mass is 9.83. The maximum atomic E-state index is 13.0. The van der Waals surface area contributed by atoms with Crippen molar-refractivity contribution in [3.8, 4) is 0 Å². The second-order valence-corrected chi connectivity index (χ2v) is 6.46. The van der Waals surface area contributed by atoms with Crippen molar-refractivity contribution >= 4 is 18.3 Å². The summed E-state index contributed by atoms with van der Waals surface area (Å²) in [6.45, 7) is 2.44. The van der Waals surface area contributed by atoms with Crippen LogP contribution in [-0.2, 0) is 22.3 Å². The van der Waals surface area contributed by atoms with E-state index in [-0.39, 0.29) is 48.5 Å². The number of nitrogens with one attached hydrogen (secondary N) is 1. The Labute approximate surface area is 158 Å². The predicted molar refractivity (Wildman–Crippen MR) is 95.9 cm³/mol. The fourth-order valence-electron chi connectivity index (χ4n) is 3.13. The summed E-state index contributed by atoms with van der Waals surface area (Å²) in [5, 5.41) is 2.64. The quantitative estimate of drug-likeness (QED) is 0.773. The second-order valence-electron chi connectivity index (χ2n) is 6.46. The Morgan fingerprint density at radius 3 is 2.65 bits per heavy atom. The summed E-state index contributed by atoms with van der Waals surface area (Å²) < 4.78 is 44.7. The van der Waals surface area contributed by atoms with Gasteiger partial charge in [-0.2, -0.15) is 13.2 Å². The Morgan fingerprint density at radius 1 is 1.31 bits per heavy atom. The van der Waals surface area contributed by atoms with Gasteiger partial charge in [-0.25, -0.2) is 0 Å². The standard InChI is InChI=1S/C18H25F3N2O2.ClH/c1-2-9-25-16-10-12(7-8-15(16)22)17(24)23-11-13-5-3-4-6-14(13)18(19,20)21;/h3-6,12,15-16H,2,7-11,22H2,1H3,(H,23,24);1H/t12-,15-,16-;/m0./s1. The van der Waals surface area contributed by atoms with Crippen LogP contribution in [0.15, 0.2) is 24.3 Å². The maximum absolute atomic E-state index is 13.0. The summed E-state index contributed by atoms with van der Waals surface area (Å²) in [4.78, 5) is 12.4. The van der Waals surface area contributed by atoms with E-state index in [2.05, 4.69) is 5.32 Å². The molecule has 0 saturated heterocycles. The Kier molecular flexibility index (Phi) is 8.86. The van der Waals surface area contributed by atoms with Crippen molar-refractivity contribution in [3.63, 3.8) is 0 Å². The van der Waals surface area contributed by atoms with Crippen molar-refractivity contribution in [2.75, 3.05) is 6.61 Å². The summed E-state index contributed by atoms with van der Waals surface area (Å²) in [5.74, 6) is -0.520. The molecule has 0 unspecified atom stereocenters. The fraction of sp³-hybridized carbons (Fsp3) is 0.611. The van der Waals surface area contributed by atoms with Crippen molar-refractivity contribution in [3.05, 3.63) is 35.4 Å². The first-order valence-corrected chi connectivity index (χ1v) is 8.63. The number of rotatable bonds is 6. The number of halogens is 4. The van der Waals surface area contributed by atoms with Crippen LogP contribution >= 0.6 is 12.4 Å². The minimum atomic E-state index is -4.43. The molecule has 1 fully saturated rings. The molecule has 1 aromatic carbocycles. The number of alkyl halides is 3. The van der Waals surface area contributed by atoms with E-state index in [0.29, 0.717) is 25.9 Å². The Balaban J connectivity index is 0.00000338. The summed E-state index contributed by atoms with van der Waals surface area (Å²) in [6.07, 6.45) is -1.93. The SMILES string of the molecule is CCCO[C@H]1C[C@@H](C(=O)NCc2ccccc2C(F)(F)F)CC[C@@H]1N.Cl. The molecule has 2 rings (SSSR count). The minimum Gasteiger partial charge on any atom is -0.377 e. The Hall–Kier alpha value is -1.31. The zero-order valence-electron chi connectivity index (χ0n) is 14.7. The zero-order valence-corrected chi connectivity index (χ0v) is 15.5. The molecule has 148 valence electrons. The molecule has 0 heterocycles. The van der Waals surface area contributed by atoms with Gasteiger partial charge in [0.25, 0.3) is 0 Å². The number of hydrogen-bond donors (Lipinski definition) is 2. The van der Waals surface area contributed by atoms with Crippen molar-refractivity contribution in [2.45, 2.75) is 57.5 Å². The van der Waals surface area contributed by atoms with E-state index in [0.717, 1.165) is 12.5 Å². The lowest BCUT2D eigenvalue weighted by molar-refractivity contribution is -0.138. The highest BCUT2D eigenvalue weighted by Crippen LogP contribution is 2.32. The van der Waals surface area contributed by atoms with Gasteiger partial charge in [0.1, 0.15) is 0 Å². The average molecular weight is 395 g/mol. The van der Waals surface area contributed by atoms with Gasteiger partial charge in [-0.3, -0.25) is 4.79 Å². The number of hydrogen-bond acceptors (Lipinski definition) is 3. The van der Waals surface area contributed by atoms with E-state index < -0.39 is 11.7 Å². The average Bonchev–Trinajstić information content (AvgIpc) is 2.58. The van der Waals surface area contributed by atoms with Crippen molar-refractivity contribution < 1.29 is 22.7 Å². The first kappa shape index (κ1) is 22.7. The molecule has 1 aromatic rings. The van der Waals surface area contributed by atoms with Gasteiger partial charge in [0.2, 0.25) is 5.91 Å². The lowest BCUT2D eigenvalue weighted by Crippen LogP contribution is -2.45. The van der Waals surface area contributed by atoms with Crippen LogP contribution in [0.25, 0.3) is 0 Å². The van der Waals surface area contributed by atoms with Gasteiger partial charge in [0.05, 0.1) is 11.7 Å². The lowest BCUT2D eigenvalue weighted by Gasteiger charge is -2.33. The molecule has 0 aliphatic heterocycles. The van der Waals surface area contributed by atoms with Gasteiger partial charge in [-0.15, -0.1) is 12.4 Å². The monoisotopic (exact) mass is 394 g/mol. The van der Waals surface area contributed by atoms with E-state index in [4.69, 9.17) is 10.5 Å². The van der Waals surface area contributed by atoms with E-state index in [1.807, 2.05) is 6.92 Å². The molecule has 26 heavy (non-hydrogen) atoms. The third-order valence-corrected chi connectivity index (χ3v) is 4.53.